The number of anilines is 1. The molecule has 0 fully saturated rings. The average molecular weight is 310 g/mol. The second-order valence-corrected chi connectivity index (χ2v) is 5.22. The van der Waals surface area contributed by atoms with E-state index in [9.17, 15) is 9.90 Å². The Kier molecular flexibility index (Phi) is 4.65. The first-order valence-electron chi connectivity index (χ1n) is 6.02. The summed E-state index contributed by atoms with van der Waals surface area (Å²) in [5.74, 6) is -0.309. The molecule has 0 unspecified atom stereocenters. The molecule has 0 heterocycles. The van der Waals surface area contributed by atoms with Crippen molar-refractivity contribution in [2.75, 3.05) is 5.32 Å². The van der Waals surface area contributed by atoms with Crippen molar-refractivity contribution in [1.82, 2.24) is 0 Å². The summed E-state index contributed by atoms with van der Waals surface area (Å²) in [6.45, 7) is 1.68. The summed E-state index contributed by atoms with van der Waals surface area (Å²) in [4.78, 5) is 12.1. The lowest BCUT2D eigenvalue weighted by Gasteiger charge is -2.09. The molecule has 1 amide bonds. The van der Waals surface area contributed by atoms with Gasteiger partial charge in [-0.3, -0.25) is 4.79 Å². The Hall–Kier alpha value is -1.55. The first kappa shape index (κ1) is 14.9. The fraction of sp³-hybridized carbons (Fsp3) is 0.133. The molecule has 0 saturated heterocycles. The third kappa shape index (κ3) is 3.51. The molecule has 0 spiro atoms. The largest absolute Gasteiger partial charge is 0.389 e. The van der Waals surface area contributed by atoms with Gasteiger partial charge in [0.1, 0.15) is 0 Å². The Bertz CT molecular complexity index is 624. The Labute approximate surface area is 127 Å². The van der Waals surface area contributed by atoms with Crippen molar-refractivity contribution in [3.8, 4) is 0 Å². The van der Waals surface area contributed by atoms with Gasteiger partial charge in [0.15, 0.2) is 0 Å². The number of amides is 1. The summed E-state index contributed by atoms with van der Waals surface area (Å²) in [6, 6.07) is 11.7. The van der Waals surface area contributed by atoms with E-state index in [2.05, 4.69) is 5.32 Å². The summed E-state index contributed by atoms with van der Waals surface area (Å²) in [6.07, 6.45) is -0.537. The van der Waals surface area contributed by atoms with Gasteiger partial charge in [-0.1, -0.05) is 35.3 Å². The van der Waals surface area contributed by atoms with Gasteiger partial charge in [-0.2, -0.15) is 0 Å². The Balaban J connectivity index is 2.15. The predicted molar refractivity (Wildman–Crippen MR) is 81.5 cm³/mol. The van der Waals surface area contributed by atoms with Crippen LogP contribution in [0.4, 0.5) is 5.69 Å². The van der Waals surface area contributed by atoms with Crippen LogP contribution in [-0.2, 0) is 0 Å². The molecule has 1 atom stereocenters. The van der Waals surface area contributed by atoms with E-state index in [0.717, 1.165) is 5.56 Å². The van der Waals surface area contributed by atoms with E-state index in [4.69, 9.17) is 23.2 Å². The molecule has 2 rings (SSSR count). The number of hydrogen-bond donors (Lipinski definition) is 2. The first-order valence-corrected chi connectivity index (χ1v) is 6.77. The molecule has 2 N–H and O–H groups in total. The Morgan fingerprint density at radius 3 is 2.35 bits per heavy atom. The number of benzene rings is 2. The molecule has 0 aliphatic heterocycles. The average Bonchev–Trinajstić information content (AvgIpc) is 2.39. The standard InChI is InChI=1S/C15H13Cl2NO2/c1-9(19)10-2-5-12(6-3-10)18-15(20)13-7-4-11(16)8-14(13)17/h2-9,19H,1H3,(H,18,20)/t9-/m1/s1. The summed E-state index contributed by atoms with van der Waals surface area (Å²) < 4.78 is 0. The van der Waals surface area contributed by atoms with Gasteiger partial charge in [0, 0.05) is 10.7 Å². The van der Waals surface area contributed by atoms with Crippen LogP contribution in [0.3, 0.4) is 0 Å². The Morgan fingerprint density at radius 1 is 1.15 bits per heavy atom. The van der Waals surface area contributed by atoms with E-state index in [-0.39, 0.29) is 5.91 Å². The first-order chi connectivity index (χ1) is 9.47. The van der Waals surface area contributed by atoms with Gasteiger partial charge in [0.25, 0.3) is 5.91 Å². The number of aliphatic hydroxyl groups is 1. The topological polar surface area (TPSA) is 49.3 Å². The van der Waals surface area contributed by atoms with Gasteiger partial charge in [-0.05, 0) is 42.8 Å². The fourth-order valence-corrected chi connectivity index (χ4v) is 2.21. The van der Waals surface area contributed by atoms with Crippen molar-refractivity contribution in [3.05, 3.63) is 63.6 Å². The molecular formula is C15H13Cl2NO2. The molecule has 0 aliphatic carbocycles. The van der Waals surface area contributed by atoms with Crippen LogP contribution in [0.15, 0.2) is 42.5 Å². The van der Waals surface area contributed by atoms with Gasteiger partial charge in [-0.15, -0.1) is 0 Å². The maximum atomic E-state index is 12.1. The van der Waals surface area contributed by atoms with Gasteiger partial charge in [0.05, 0.1) is 16.7 Å². The number of carbonyl (C=O) groups is 1. The summed E-state index contributed by atoms with van der Waals surface area (Å²) in [7, 11) is 0. The van der Waals surface area contributed by atoms with Gasteiger partial charge >= 0.3 is 0 Å². The highest BCUT2D eigenvalue weighted by molar-refractivity contribution is 6.37. The minimum Gasteiger partial charge on any atom is -0.389 e. The zero-order valence-electron chi connectivity index (χ0n) is 10.7. The zero-order valence-corrected chi connectivity index (χ0v) is 12.2. The molecule has 0 aromatic heterocycles. The summed E-state index contributed by atoms with van der Waals surface area (Å²) in [5, 5.41) is 12.9. The van der Waals surface area contributed by atoms with Crippen LogP contribution < -0.4 is 5.32 Å². The second kappa shape index (κ2) is 6.27. The lowest BCUT2D eigenvalue weighted by molar-refractivity contribution is 0.102. The molecule has 104 valence electrons. The van der Waals surface area contributed by atoms with E-state index >= 15 is 0 Å². The van der Waals surface area contributed by atoms with Crippen molar-refractivity contribution in [3.63, 3.8) is 0 Å². The van der Waals surface area contributed by atoms with Gasteiger partial charge in [-0.25, -0.2) is 0 Å². The van der Waals surface area contributed by atoms with E-state index in [1.807, 2.05) is 0 Å². The highest BCUT2D eigenvalue weighted by Crippen LogP contribution is 2.22. The molecule has 2 aromatic carbocycles. The van der Waals surface area contributed by atoms with Crippen LogP contribution in [-0.4, -0.2) is 11.0 Å². The molecule has 2 aromatic rings. The SMILES string of the molecule is C[C@@H](O)c1ccc(NC(=O)c2ccc(Cl)cc2Cl)cc1. The molecule has 5 heteroatoms. The minimum atomic E-state index is -0.537. The highest BCUT2D eigenvalue weighted by Gasteiger charge is 2.11. The monoisotopic (exact) mass is 309 g/mol. The van der Waals surface area contributed by atoms with Crippen LogP contribution in [0.25, 0.3) is 0 Å². The maximum Gasteiger partial charge on any atom is 0.257 e. The van der Waals surface area contributed by atoms with Crippen molar-refractivity contribution < 1.29 is 9.90 Å². The van der Waals surface area contributed by atoms with Crippen LogP contribution in [0, 0.1) is 0 Å². The van der Waals surface area contributed by atoms with Crippen molar-refractivity contribution >= 4 is 34.8 Å². The molecule has 0 radical (unpaired) electrons. The minimum absolute atomic E-state index is 0.301. The van der Waals surface area contributed by atoms with E-state index in [0.29, 0.717) is 21.3 Å². The fourth-order valence-electron chi connectivity index (χ4n) is 1.72. The van der Waals surface area contributed by atoms with Crippen LogP contribution in [0.5, 0.6) is 0 Å². The van der Waals surface area contributed by atoms with E-state index in [1.54, 1.807) is 43.3 Å². The van der Waals surface area contributed by atoms with Crippen molar-refractivity contribution in [2.24, 2.45) is 0 Å². The third-order valence-corrected chi connectivity index (χ3v) is 3.37. The maximum absolute atomic E-state index is 12.1. The molecule has 0 aliphatic rings. The normalized spacial score (nSPS) is 12.0. The highest BCUT2D eigenvalue weighted by atomic mass is 35.5. The van der Waals surface area contributed by atoms with Crippen LogP contribution in [0.2, 0.25) is 10.0 Å². The van der Waals surface area contributed by atoms with Crippen LogP contribution in [0.1, 0.15) is 28.9 Å². The van der Waals surface area contributed by atoms with Gasteiger partial charge < -0.3 is 10.4 Å². The van der Waals surface area contributed by atoms with Crippen LogP contribution >= 0.6 is 23.2 Å². The number of nitrogens with one attached hydrogen (secondary N) is 1. The zero-order chi connectivity index (χ0) is 14.7. The predicted octanol–water partition coefficient (Wildman–Crippen LogP) is 4.30. The summed E-state index contributed by atoms with van der Waals surface area (Å²) in [5.41, 5.74) is 1.77. The van der Waals surface area contributed by atoms with Crippen molar-refractivity contribution in [1.29, 1.82) is 0 Å². The number of rotatable bonds is 3. The lowest BCUT2D eigenvalue weighted by atomic mass is 10.1. The summed E-state index contributed by atoms with van der Waals surface area (Å²) >= 11 is 11.8. The second-order valence-electron chi connectivity index (χ2n) is 4.38. The molecule has 20 heavy (non-hydrogen) atoms. The quantitative estimate of drug-likeness (QED) is 0.888. The third-order valence-electron chi connectivity index (χ3n) is 2.83. The van der Waals surface area contributed by atoms with E-state index < -0.39 is 6.10 Å². The van der Waals surface area contributed by atoms with Gasteiger partial charge in [0.2, 0.25) is 0 Å². The smallest absolute Gasteiger partial charge is 0.257 e. The lowest BCUT2D eigenvalue weighted by Crippen LogP contribution is -2.12. The Morgan fingerprint density at radius 2 is 1.80 bits per heavy atom. The molecular weight excluding hydrogens is 297 g/mol. The van der Waals surface area contributed by atoms with E-state index in [1.165, 1.54) is 6.07 Å². The van der Waals surface area contributed by atoms with Crippen molar-refractivity contribution in [2.45, 2.75) is 13.0 Å². The number of aliphatic hydroxyl groups excluding tert-OH is 1. The molecule has 3 nitrogen and oxygen atoms in total. The molecule has 0 bridgehead atoms. The number of hydrogen-bond acceptors (Lipinski definition) is 2. The number of halogens is 2. The number of carbonyl (C=O) groups excluding carboxylic acids is 1. The molecule has 0 saturated carbocycles.